The highest BCUT2D eigenvalue weighted by Crippen LogP contribution is 2.36. The maximum atomic E-state index is 13.4. The molecule has 9 nitrogen and oxygen atoms in total. The smallest absolute Gasteiger partial charge is 0.264 e. The van der Waals surface area contributed by atoms with Crippen molar-refractivity contribution < 1.29 is 13.2 Å². The second kappa shape index (κ2) is 12.3. The van der Waals surface area contributed by atoms with E-state index in [1.165, 1.54) is 19.1 Å². The minimum atomic E-state index is -3.12. The van der Waals surface area contributed by atoms with Crippen LogP contribution < -0.4 is 15.6 Å². The van der Waals surface area contributed by atoms with Crippen molar-refractivity contribution >= 4 is 26.8 Å². The zero-order chi connectivity index (χ0) is 28.4. The highest BCUT2D eigenvalue weighted by atomic mass is 32.2. The molecule has 1 unspecified atom stereocenters. The number of nitrogens with zero attached hydrogens (tertiary/aromatic N) is 3. The summed E-state index contributed by atoms with van der Waals surface area (Å²) in [5.74, 6) is 0.178. The summed E-state index contributed by atoms with van der Waals surface area (Å²) in [7, 11) is -3.12. The molecule has 2 aromatic rings. The SMILES string of the molecule is CC(C)n1c(=O)c(C(=O)NC2C[C@H]3CC[C@@H](C2)N3CCCN2CCC(CNS(C)(=O)=O)CC2)cc2ccccc21. The number of likely N-dealkylation sites (tertiary alicyclic amines) is 1. The average Bonchev–Trinajstić information content (AvgIpc) is 3.14. The van der Waals surface area contributed by atoms with Crippen LogP contribution in [0.1, 0.15) is 75.2 Å². The molecule has 4 heterocycles. The van der Waals surface area contributed by atoms with Gasteiger partial charge in [0.1, 0.15) is 5.56 Å². The lowest BCUT2D eigenvalue weighted by Crippen LogP contribution is -2.51. The van der Waals surface area contributed by atoms with Crippen LogP contribution in [0.4, 0.5) is 0 Å². The number of piperidine rings is 2. The van der Waals surface area contributed by atoms with E-state index in [2.05, 4.69) is 19.8 Å². The van der Waals surface area contributed by atoms with Crippen LogP contribution in [0.5, 0.6) is 0 Å². The van der Waals surface area contributed by atoms with Crippen LogP contribution in [0.2, 0.25) is 0 Å². The Kier molecular flexibility index (Phi) is 8.99. The standard InChI is InChI=1S/C30H45N5O4S/c1-21(2)35-28-8-5-4-7-23(28)17-27(30(35)37)29(36)32-24-18-25-9-10-26(19-24)34(25)14-6-13-33-15-11-22(12-16-33)20-31-40(3,38)39/h4-5,7-8,17,21-22,24-26,31H,6,9-16,18-20H2,1-3H3,(H,32,36)/t24?,25-,26+. The van der Waals surface area contributed by atoms with Gasteiger partial charge in [0.15, 0.2) is 0 Å². The molecule has 5 rings (SSSR count). The van der Waals surface area contributed by atoms with Gasteiger partial charge in [-0.15, -0.1) is 0 Å². The van der Waals surface area contributed by atoms with Crippen LogP contribution in [0, 0.1) is 5.92 Å². The number of benzene rings is 1. The average molecular weight is 572 g/mol. The first-order valence-corrected chi connectivity index (χ1v) is 16.9. The van der Waals surface area contributed by atoms with Crippen LogP contribution in [0.25, 0.3) is 10.9 Å². The van der Waals surface area contributed by atoms with Crippen molar-refractivity contribution in [1.29, 1.82) is 0 Å². The summed E-state index contributed by atoms with van der Waals surface area (Å²) in [5.41, 5.74) is 0.874. The van der Waals surface area contributed by atoms with Crippen molar-refractivity contribution in [3.8, 4) is 0 Å². The van der Waals surface area contributed by atoms with E-state index in [0.717, 1.165) is 69.2 Å². The molecule has 1 aromatic heterocycles. The summed E-state index contributed by atoms with van der Waals surface area (Å²) in [4.78, 5) is 31.8. The van der Waals surface area contributed by atoms with Crippen molar-refractivity contribution in [2.45, 2.75) is 83.0 Å². The molecule has 40 heavy (non-hydrogen) atoms. The zero-order valence-electron chi connectivity index (χ0n) is 24.1. The second-order valence-electron chi connectivity index (χ2n) is 12.4. The van der Waals surface area contributed by atoms with Gasteiger partial charge in [-0.25, -0.2) is 13.1 Å². The number of nitrogens with one attached hydrogen (secondary N) is 2. The Morgan fingerprint density at radius 2 is 1.70 bits per heavy atom. The van der Waals surface area contributed by atoms with E-state index in [1.54, 1.807) is 10.6 Å². The van der Waals surface area contributed by atoms with E-state index in [0.29, 0.717) is 24.5 Å². The van der Waals surface area contributed by atoms with E-state index in [1.807, 2.05) is 38.1 Å². The molecule has 3 fully saturated rings. The van der Waals surface area contributed by atoms with Gasteiger partial charge >= 0.3 is 0 Å². The van der Waals surface area contributed by atoms with Crippen LogP contribution >= 0.6 is 0 Å². The molecule has 2 N–H and O–H groups in total. The van der Waals surface area contributed by atoms with Gasteiger partial charge in [0.2, 0.25) is 10.0 Å². The first kappa shape index (κ1) is 29.2. The third kappa shape index (κ3) is 6.78. The number of amides is 1. The lowest BCUT2D eigenvalue weighted by molar-refractivity contribution is 0.0825. The maximum Gasteiger partial charge on any atom is 0.264 e. The Hall–Kier alpha value is -2.27. The second-order valence-corrected chi connectivity index (χ2v) is 14.2. The van der Waals surface area contributed by atoms with E-state index >= 15 is 0 Å². The molecule has 3 atom stereocenters. The molecule has 3 saturated heterocycles. The molecule has 3 aliphatic rings. The van der Waals surface area contributed by atoms with Crippen molar-refractivity contribution in [2.24, 2.45) is 5.92 Å². The topological polar surface area (TPSA) is 104 Å². The normalized spacial score (nSPS) is 24.6. The van der Waals surface area contributed by atoms with Crippen molar-refractivity contribution in [1.82, 2.24) is 24.4 Å². The fourth-order valence-corrected chi connectivity index (χ4v) is 7.68. The van der Waals surface area contributed by atoms with Crippen molar-refractivity contribution in [3.63, 3.8) is 0 Å². The maximum absolute atomic E-state index is 13.4. The Morgan fingerprint density at radius 1 is 1.02 bits per heavy atom. The van der Waals surface area contributed by atoms with Crippen molar-refractivity contribution in [3.05, 3.63) is 46.2 Å². The number of carbonyl (C=O) groups is 1. The molecule has 1 amide bonds. The molecule has 0 spiro atoms. The largest absolute Gasteiger partial charge is 0.349 e. The van der Waals surface area contributed by atoms with Crippen LogP contribution in [-0.2, 0) is 10.0 Å². The van der Waals surface area contributed by atoms with Gasteiger partial charge in [-0.3, -0.25) is 14.5 Å². The number of carbonyl (C=O) groups excluding carboxylic acids is 1. The molecule has 1 aromatic carbocycles. The molecular weight excluding hydrogens is 526 g/mol. The predicted molar refractivity (Wildman–Crippen MR) is 159 cm³/mol. The van der Waals surface area contributed by atoms with Crippen LogP contribution in [0.15, 0.2) is 35.1 Å². The van der Waals surface area contributed by atoms with Gasteiger partial charge in [0.05, 0.1) is 11.8 Å². The Labute approximate surface area is 238 Å². The Morgan fingerprint density at radius 3 is 2.35 bits per heavy atom. The Balaban J connectivity index is 1.11. The van der Waals surface area contributed by atoms with Crippen LogP contribution in [0.3, 0.4) is 0 Å². The number of fused-ring (bicyclic) bond motifs is 3. The molecule has 10 heteroatoms. The molecule has 2 bridgehead atoms. The lowest BCUT2D eigenvalue weighted by atomic mass is 9.96. The highest BCUT2D eigenvalue weighted by molar-refractivity contribution is 7.88. The van der Waals surface area contributed by atoms with Gasteiger partial charge in [-0.05, 0) is 108 Å². The molecule has 220 valence electrons. The zero-order valence-corrected chi connectivity index (χ0v) is 25.0. The third-order valence-electron chi connectivity index (χ3n) is 9.16. The molecule has 0 saturated carbocycles. The predicted octanol–water partition coefficient (Wildman–Crippen LogP) is 2.96. The number of para-hydroxylation sites is 1. The Bertz CT molecular complexity index is 1350. The molecule has 0 aliphatic carbocycles. The highest BCUT2D eigenvalue weighted by Gasteiger charge is 2.41. The summed E-state index contributed by atoms with van der Waals surface area (Å²) >= 11 is 0. The minimum absolute atomic E-state index is 0.0347. The number of pyridine rings is 1. The number of aromatic nitrogens is 1. The first-order chi connectivity index (χ1) is 19.1. The molecule has 3 aliphatic heterocycles. The number of rotatable bonds is 10. The number of sulfonamides is 1. The first-order valence-electron chi connectivity index (χ1n) is 15.0. The lowest BCUT2D eigenvalue weighted by Gasteiger charge is -2.40. The fraction of sp³-hybridized carbons (Fsp3) is 0.667. The molecule has 0 radical (unpaired) electrons. The summed E-state index contributed by atoms with van der Waals surface area (Å²) in [6.07, 6.45) is 8.65. The number of hydrogen-bond acceptors (Lipinski definition) is 6. The summed E-state index contributed by atoms with van der Waals surface area (Å²) in [6, 6.07) is 10.5. The number of hydrogen-bond donors (Lipinski definition) is 2. The minimum Gasteiger partial charge on any atom is -0.349 e. The summed E-state index contributed by atoms with van der Waals surface area (Å²) < 4.78 is 27.1. The quantitative estimate of drug-likeness (QED) is 0.455. The van der Waals surface area contributed by atoms with Gasteiger partial charge < -0.3 is 14.8 Å². The van der Waals surface area contributed by atoms with Gasteiger partial charge in [0.25, 0.3) is 11.5 Å². The monoisotopic (exact) mass is 571 g/mol. The third-order valence-corrected chi connectivity index (χ3v) is 9.85. The van der Waals surface area contributed by atoms with Crippen molar-refractivity contribution in [2.75, 3.05) is 39.0 Å². The van der Waals surface area contributed by atoms with Gasteiger partial charge in [-0.1, -0.05) is 18.2 Å². The van der Waals surface area contributed by atoms with E-state index in [4.69, 9.17) is 0 Å². The van der Waals surface area contributed by atoms with Crippen LogP contribution in [-0.4, -0.2) is 85.8 Å². The summed E-state index contributed by atoms with van der Waals surface area (Å²) in [6.45, 7) is 8.72. The van der Waals surface area contributed by atoms with E-state index in [-0.39, 0.29) is 29.1 Å². The van der Waals surface area contributed by atoms with E-state index < -0.39 is 10.0 Å². The fourth-order valence-electron chi connectivity index (χ4n) is 7.14. The molecular formula is C30H45N5O4S. The van der Waals surface area contributed by atoms with Gasteiger partial charge in [-0.2, -0.15) is 0 Å². The summed E-state index contributed by atoms with van der Waals surface area (Å²) in [5, 5.41) is 4.14. The van der Waals surface area contributed by atoms with Gasteiger partial charge in [0, 0.05) is 30.7 Å². The van der Waals surface area contributed by atoms with E-state index in [9.17, 15) is 18.0 Å².